The molecule has 5 nitrogen and oxygen atoms in total. The van der Waals surface area contributed by atoms with Gasteiger partial charge in [-0.1, -0.05) is 19.8 Å². The molecule has 2 heterocycles. The van der Waals surface area contributed by atoms with Crippen LogP contribution in [-0.4, -0.2) is 26.1 Å². The third-order valence-corrected chi connectivity index (χ3v) is 4.09. The molecule has 2 aromatic heterocycles. The predicted octanol–water partition coefficient (Wildman–Crippen LogP) is 2.67. The first-order chi connectivity index (χ1) is 9.22. The largest absolute Gasteiger partial charge is 0.370 e. The number of anilines is 1. The Balaban J connectivity index is 1.69. The molecule has 1 N–H and O–H groups in total. The van der Waals surface area contributed by atoms with Gasteiger partial charge in [-0.05, 0) is 31.6 Å². The molecule has 0 amide bonds. The van der Waals surface area contributed by atoms with E-state index in [1.807, 2.05) is 13.0 Å². The minimum atomic E-state index is 0.666. The molecule has 0 radical (unpaired) electrons. The van der Waals surface area contributed by atoms with E-state index in [0.29, 0.717) is 5.78 Å². The van der Waals surface area contributed by atoms with Crippen molar-refractivity contribution in [1.82, 2.24) is 19.6 Å². The van der Waals surface area contributed by atoms with E-state index in [2.05, 4.69) is 27.3 Å². The summed E-state index contributed by atoms with van der Waals surface area (Å²) in [5.74, 6) is 3.35. The Morgan fingerprint density at radius 3 is 2.89 bits per heavy atom. The lowest BCUT2D eigenvalue weighted by Gasteiger charge is -2.26. The molecule has 0 unspecified atom stereocenters. The van der Waals surface area contributed by atoms with Gasteiger partial charge in [-0.15, -0.1) is 0 Å². The Morgan fingerprint density at radius 2 is 2.11 bits per heavy atom. The van der Waals surface area contributed by atoms with Gasteiger partial charge in [0.15, 0.2) is 0 Å². The van der Waals surface area contributed by atoms with Gasteiger partial charge in [0.2, 0.25) is 0 Å². The Kier molecular flexibility index (Phi) is 3.36. The van der Waals surface area contributed by atoms with E-state index in [9.17, 15) is 0 Å². The van der Waals surface area contributed by atoms with Crippen LogP contribution in [-0.2, 0) is 0 Å². The zero-order valence-corrected chi connectivity index (χ0v) is 11.6. The van der Waals surface area contributed by atoms with E-state index in [-0.39, 0.29) is 0 Å². The number of hydrogen-bond acceptors (Lipinski definition) is 4. The molecule has 0 aliphatic heterocycles. The van der Waals surface area contributed by atoms with Crippen molar-refractivity contribution in [3.8, 4) is 0 Å². The number of aromatic nitrogens is 4. The van der Waals surface area contributed by atoms with Crippen LogP contribution in [0.4, 0.5) is 5.82 Å². The summed E-state index contributed by atoms with van der Waals surface area (Å²) in [5.41, 5.74) is 0.972. The summed E-state index contributed by atoms with van der Waals surface area (Å²) in [5, 5.41) is 7.74. The topological polar surface area (TPSA) is 55.1 Å². The molecule has 0 aromatic carbocycles. The zero-order valence-electron chi connectivity index (χ0n) is 11.6. The van der Waals surface area contributed by atoms with Crippen LogP contribution < -0.4 is 5.32 Å². The van der Waals surface area contributed by atoms with Crippen LogP contribution in [0.1, 0.15) is 38.3 Å². The van der Waals surface area contributed by atoms with Gasteiger partial charge in [0.1, 0.15) is 12.1 Å². The van der Waals surface area contributed by atoms with E-state index in [0.717, 1.165) is 29.9 Å². The Morgan fingerprint density at radius 1 is 1.32 bits per heavy atom. The number of rotatable bonds is 3. The van der Waals surface area contributed by atoms with Crippen LogP contribution in [0.5, 0.6) is 0 Å². The summed E-state index contributed by atoms with van der Waals surface area (Å²) in [6.07, 6.45) is 6.94. The molecule has 102 valence electrons. The lowest BCUT2D eigenvalue weighted by Crippen LogP contribution is -2.21. The Labute approximate surface area is 113 Å². The Bertz CT molecular complexity index is 554. The number of nitrogens with one attached hydrogen (secondary N) is 1. The highest BCUT2D eigenvalue weighted by Crippen LogP contribution is 2.28. The minimum Gasteiger partial charge on any atom is -0.370 e. The van der Waals surface area contributed by atoms with E-state index < -0.39 is 0 Å². The highest BCUT2D eigenvalue weighted by molar-refractivity contribution is 5.44. The van der Waals surface area contributed by atoms with Crippen molar-refractivity contribution in [2.24, 2.45) is 11.8 Å². The second-order valence-electron chi connectivity index (χ2n) is 5.76. The monoisotopic (exact) mass is 259 g/mol. The fourth-order valence-corrected chi connectivity index (χ4v) is 2.84. The van der Waals surface area contributed by atoms with E-state index in [1.54, 1.807) is 10.8 Å². The fourth-order valence-electron chi connectivity index (χ4n) is 2.84. The third kappa shape index (κ3) is 2.69. The zero-order chi connectivity index (χ0) is 13.2. The first kappa shape index (κ1) is 12.4. The molecule has 5 heteroatoms. The van der Waals surface area contributed by atoms with Crippen LogP contribution >= 0.6 is 0 Å². The van der Waals surface area contributed by atoms with Crippen molar-refractivity contribution in [3.63, 3.8) is 0 Å². The highest BCUT2D eigenvalue weighted by Gasteiger charge is 2.18. The van der Waals surface area contributed by atoms with Crippen LogP contribution in [0.25, 0.3) is 5.78 Å². The second-order valence-corrected chi connectivity index (χ2v) is 5.76. The van der Waals surface area contributed by atoms with E-state index in [1.165, 1.54) is 25.7 Å². The van der Waals surface area contributed by atoms with Gasteiger partial charge in [0.05, 0.1) is 0 Å². The maximum atomic E-state index is 4.35. The maximum Gasteiger partial charge on any atom is 0.254 e. The van der Waals surface area contributed by atoms with Gasteiger partial charge >= 0.3 is 0 Å². The number of hydrogen-bond donors (Lipinski definition) is 1. The SMILES string of the molecule is Cc1cc(NCC2CCC(C)CC2)n2ncnc2n1. The normalized spacial score (nSPS) is 23.7. The molecule has 0 saturated heterocycles. The molecular formula is C14H21N5. The lowest BCUT2D eigenvalue weighted by molar-refractivity contribution is 0.300. The molecule has 0 bridgehead atoms. The summed E-state index contributed by atoms with van der Waals surface area (Å²) < 4.78 is 1.78. The van der Waals surface area contributed by atoms with Crippen LogP contribution in [0, 0.1) is 18.8 Å². The summed E-state index contributed by atoms with van der Waals surface area (Å²) in [6, 6.07) is 2.03. The smallest absolute Gasteiger partial charge is 0.254 e. The average molecular weight is 259 g/mol. The molecule has 1 aliphatic carbocycles. The van der Waals surface area contributed by atoms with Gasteiger partial charge in [0.25, 0.3) is 5.78 Å². The number of aryl methyl sites for hydroxylation is 1. The highest BCUT2D eigenvalue weighted by atomic mass is 15.3. The third-order valence-electron chi connectivity index (χ3n) is 4.09. The molecule has 0 atom stereocenters. The predicted molar refractivity (Wildman–Crippen MR) is 75.1 cm³/mol. The number of nitrogens with zero attached hydrogens (tertiary/aromatic N) is 4. The first-order valence-corrected chi connectivity index (χ1v) is 7.13. The molecule has 1 saturated carbocycles. The van der Waals surface area contributed by atoms with E-state index >= 15 is 0 Å². The summed E-state index contributed by atoms with van der Waals surface area (Å²) in [6.45, 7) is 5.36. The molecular weight excluding hydrogens is 238 g/mol. The second kappa shape index (κ2) is 5.15. The summed E-state index contributed by atoms with van der Waals surface area (Å²) in [4.78, 5) is 8.50. The first-order valence-electron chi connectivity index (χ1n) is 7.13. The summed E-state index contributed by atoms with van der Waals surface area (Å²) >= 11 is 0. The molecule has 3 rings (SSSR count). The van der Waals surface area contributed by atoms with Gasteiger partial charge in [-0.25, -0.2) is 4.98 Å². The fraction of sp³-hybridized carbons (Fsp3) is 0.643. The quantitative estimate of drug-likeness (QED) is 0.920. The minimum absolute atomic E-state index is 0.666. The van der Waals surface area contributed by atoms with Crippen molar-refractivity contribution in [2.45, 2.75) is 39.5 Å². The number of fused-ring (bicyclic) bond motifs is 1. The van der Waals surface area contributed by atoms with Crippen molar-refractivity contribution in [3.05, 3.63) is 18.1 Å². The summed E-state index contributed by atoms with van der Waals surface area (Å²) in [7, 11) is 0. The average Bonchev–Trinajstić information content (AvgIpc) is 2.85. The maximum absolute atomic E-state index is 4.35. The van der Waals surface area contributed by atoms with E-state index in [4.69, 9.17) is 0 Å². The van der Waals surface area contributed by atoms with Crippen molar-refractivity contribution >= 4 is 11.6 Å². The van der Waals surface area contributed by atoms with Gasteiger partial charge in [0, 0.05) is 18.3 Å². The molecule has 2 aromatic rings. The molecule has 0 spiro atoms. The van der Waals surface area contributed by atoms with Crippen LogP contribution in [0.3, 0.4) is 0 Å². The van der Waals surface area contributed by atoms with Crippen molar-refractivity contribution < 1.29 is 0 Å². The lowest BCUT2D eigenvalue weighted by atomic mass is 9.83. The van der Waals surface area contributed by atoms with Crippen molar-refractivity contribution in [1.29, 1.82) is 0 Å². The van der Waals surface area contributed by atoms with Gasteiger partial charge in [-0.2, -0.15) is 14.6 Å². The molecule has 19 heavy (non-hydrogen) atoms. The van der Waals surface area contributed by atoms with Gasteiger partial charge < -0.3 is 5.32 Å². The Hall–Kier alpha value is -1.65. The molecule has 1 fully saturated rings. The van der Waals surface area contributed by atoms with Gasteiger partial charge in [-0.3, -0.25) is 0 Å². The van der Waals surface area contributed by atoms with Crippen LogP contribution in [0.2, 0.25) is 0 Å². The van der Waals surface area contributed by atoms with Crippen LogP contribution in [0.15, 0.2) is 12.4 Å². The standard InChI is InChI=1S/C14H21N5/c1-10-3-5-12(6-4-10)8-15-13-7-11(2)18-14-16-9-17-19(13)14/h7,9-10,12,15H,3-6,8H2,1-2H3. The van der Waals surface area contributed by atoms with Crippen molar-refractivity contribution in [2.75, 3.05) is 11.9 Å². The molecule has 1 aliphatic rings.